The van der Waals surface area contributed by atoms with Gasteiger partial charge in [-0.05, 0) is 49.3 Å². The molecule has 0 unspecified atom stereocenters. The van der Waals surface area contributed by atoms with Gasteiger partial charge in [0.15, 0.2) is 35.6 Å². The number of carbonyl (C=O) groups is 2. The Balaban J connectivity index is 2.28. The maximum Gasteiger partial charge on any atom is 0.169 e. The average molecular weight is 491 g/mol. The molecule has 0 aromatic heterocycles. The van der Waals surface area contributed by atoms with Gasteiger partial charge in [-0.15, -0.1) is 0 Å². The van der Waals surface area contributed by atoms with Gasteiger partial charge in [0, 0.05) is 44.0 Å². The highest BCUT2D eigenvalue weighted by Crippen LogP contribution is 2.52. The van der Waals surface area contributed by atoms with Gasteiger partial charge in [0.05, 0.1) is 5.56 Å². The van der Waals surface area contributed by atoms with Gasteiger partial charge >= 0.3 is 0 Å². The van der Waals surface area contributed by atoms with Crippen LogP contribution in [-0.4, -0.2) is 43.2 Å². The zero-order valence-corrected chi connectivity index (χ0v) is 20.2. The molecule has 0 radical (unpaired) electrons. The fraction of sp³-hybridized carbons (Fsp3) is 0.214. The quantitative estimate of drug-likeness (QED) is 0.163. The highest BCUT2D eigenvalue weighted by Gasteiger charge is 2.28. The summed E-state index contributed by atoms with van der Waals surface area (Å²) >= 11 is 0. The van der Waals surface area contributed by atoms with Gasteiger partial charge in [-0.3, -0.25) is 9.59 Å². The minimum absolute atomic E-state index is 0.00731. The highest BCUT2D eigenvalue weighted by molar-refractivity contribution is 6.14. The number of hydrogen-bond donors (Lipinski definition) is 6. The maximum atomic E-state index is 12.3. The lowest BCUT2D eigenvalue weighted by Crippen LogP contribution is -2.01. The third kappa shape index (κ3) is 3.14. The van der Waals surface area contributed by atoms with E-state index in [1.807, 2.05) is 0 Å². The summed E-state index contributed by atoms with van der Waals surface area (Å²) in [5.41, 5.74) is 1.43. The largest absolute Gasteiger partial charge is 0.507 e. The van der Waals surface area contributed by atoms with Crippen LogP contribution in [0.5, 0.6) is 34.5 Å². The van der Waals surface area contributed by atoms with E-state index in [9.17, 15) is 40.2 Å². The Bertz CT molecular complexity index is 1620. The van der Waals surface area contributed by atoms with E-state index in [4.69, 9.17) is 0 Å². The number of carbonyl (C=O) groups excluding carboxylic acids is 2. The molecule has 4 rings (SSSR count). The van der Waals surface area contributed by atoms with Gasteiger partial charge in [0.25, 0.3) is 0 Å². The normalized spacial score (nSPS) is 11.3. The Morgan fingerprint density at radius 3 is 1.81 bits per heavy atom. The molecule has 0 aliphatic carbocycles. The molecule has 4 aromatic carbocycles. The zero-order valence-electron chi connectivity index (χ0n) is 20.2. The number of phenolic OH excluding ortho intramolecular Hbond substituents is 6. The van der Waals surface area contributed by atoms with Crippen molar-refractivity contribution in [3.8, 4) is 45.6 Å². The van der Waals surface area contributed by atoms with E-state index < -0.39 is 23.0 Å². The third-order valence-electron chi connectivity index (χ3n) is 6.97. The minimum Gasteiger partial charge on any atom is -0.507 e. The lowest BCUT2D eigenvalue weighted by molar-refractivity contribution is 0.111. The van der Waals surface area contributed by atoms with Crippen LogP contribution in [-0.2, 0) is 12.8 Å². The number of fused-ring (bicyclic) bond motifs is 2. The van der Waals surface area contributed by atoms with Crippen LogP contribution in [0.3, 0.4) is 0 Å². The molecule has 0 saturated heterocycles. The van der Waals surface area contributed by atoms with Crippen LogP contribution in [0.15, 0.2) is 12.1 Å². The van der Waals surface area contributed by atoms with Crippen molar-refractivity contribution in [1.29, 1.82) is 0 Å². The molecule has 4 aromatic rings. The lowest BCUT2D eigenvalue weighted by atomic mass is 9.83. The molecule has 0 spiro atoms. The molecule has 0 heterocycles. The summed E-state index contributed by atoms with van der Waals surface area (Å²) < 4.78 is 0. The fourth-order valence-corrected chi connectivity index (χ4v) is 5.25. The molecule has 0 aliphatic heterocycles. The summed E-state index contributed by atoms with van der Waals surface area (Å²) in [6.45, 7) is 6.72. The smallest absolute Gasteiger partial charge is 0.169 e. The molecule has 0 saturated carbocycles. The maximum absolute atomic E-state index is 12.3. The van der Waals surface area contributed by atoms with E-state index in [2.05, 4.69) is 0 Å². The number of phenols is 6. The van der Waals surface area contributed by atoms with Crippen molar-refractivity contribution in [2.75, 3.05) is 0 Å². The van der Waals surface area contributed by atoms with E-state index in [1.54, 1.807) is 33.8 Å². The van der Waals surface area contributed by atoms with E-state index in [-0.39, 0.29) is 61.9 Å². The topological polar surface area (TPSA) is 156 Å². The molecular weight excluding hydrogens is 464 g/mol. The highest BCUT2D eigenvalue weighted by atomic mass is 16.3. The number of benzene rings is 4. The third-order valence-corrected chi connectivity index (χ3v) is 6.97. The van der Waals surface area contributed by atoms with Crippen molar-refractivity contribution < 1.29 is 40.2 Å². The first-order valence-corrected chi connectivity index (χ1v) is 11.4. The van der Waals surface area contributed by atoms with Gasteiger partial charge < -0.3 is 30.6 Å². The molecule has 0 atom stereocenters. The summed E-state index contributed by atoms with van der Waals surface area (Å²) in [7, 11) is 0. The van der Waals surface area contributed by atoms with Gasteiger partial charge in [-0.25, -0.2) is 0 Å². The number of aryl methyl sites for hydroxylation is 3. The van der Waals surface area contributed by atoms with Crippen molar-refractivity contribution in [2.45, 2.75) is 40.5 Å². The van der Waals surface area contributed by atoms with E-state index in [1.165, 1.54) is 0 Å². The molecule has 8 nitrogen and oxygen atoms in total. The Morgan fingerprint density at radius 1 is 0.639 bits per heavy atom. The molecule has 186 valence electrons. The van der Waals surface area contributed by atoms with Gasteiger partial charge in [0.1, 0.15) is 11.5 Å². The number of hydrogen-bond acceptors (Lipinski definition) is 8. The van der Waals surface area contributed by atoms with Gasteiger partial charge in [-0.1, -0.05) is 19.9 Å². The summed E-state index contributed by atoms with van der Waals surface area (Å²) in [4.78, 5) is 24.2. The van der Waals surface area contributed by atoms with Gasteiger partial charge in [-0.2, -0.15) is 0 Å². The van der Waals surface area contributed by atoms with Crippen LogP contribution in [0, 0.1) is 13.8 Å². The molecule has 0 amide bonds. The molecule has 36 heavy (non-hydrogen) atoms. The number of rotatable bonds is 5. The van der Waals surface area contributed by atoms with Gasteiger partial charge in [0.2, 0.25) is 0 Å². The average Bonchev–Trinajstić information content (AvgIpc) is 2.84. The Morgan fingerprint density at radius 2 is 1.25 bits per heavy atom. The van der Waals surface area contributed by atoms with Crippen molar-refractivity contribution in [3.05, 3.63) is 45.5 Å². The SMILES string of the molecule is CCc1c(O)c(O)c(C=O)c2c(O)c(-c3c(C)c(C=O)c4c(CC)c(O)c(O)cc4c3O)c(C)cc12. The summed E-state index contributed by atoms with van der Waals surface area (Å²) in [6.07, 6.45) is 1.47. The standard InChI is InChI=1S/C28H26O8/c1-5-13-15-7-11(3)20(28(36)23(15)18(10-30)27(35)26(13)34)21-12(4)17(9-29)22-14(6-2)24(32)19(31)8-16(22)25(21)33/h7-10,31-36H,5-6H2,1-4H3. The van der Waals surface area contributed by atoms with Crippen LogP contribution < -0.4 is 0 Å². The number of aromatic hydroxyl groups is 6. The fourth-order valence-electron chi connectivity index (χ4n) is 5.25. The lowest BCUT2D eigenvalue weighted by Gasteiger charge is -2.22. The summed E-state index contributed by atoms with van der Waals surface area (Å²) in [5.74, 6) is -2.75. The van der Waals surface area contributed by atoms with Crippen LogP contribution in [0.1, 0.15) is 56.8 Å². The Hall–Kier alpha value is -4.46. The Kier molecular flexibility index (Phi) is 5.92. The van der Waals surface area contributed by atoms with Crippen molar-refractivity contribution in [3.63, 3.8) is 0 Å². The van der Waals surface area contributed by atoms with E-state index >= 15 is 0 Å². The Labute approximate surface area is 206 Å². The molecular formula is C28H26O8. The first-order chi connectivity index (χ1) is 17.0. The monoisotopic (exact) mass is 490 g/mol. The van der Waals surface area contributed by atoms with Crippen LogP contribution in [0.25, 0.3) is 32.7 Å². The minimum atomic E-state index is -0.666. The molecule has 6 N–H and O–H groups in total. The second-order valence-corrected chi connectivity index (χ2v) is 8.78. The summed E-state index contributed by atoms with van der Waals surface area (Å²) in [6, 6.07) is 2.78. The van der Waals surface area contributed by atoms with Crippen LogP contribution in [0.4, 0.5) is 0 Å². The van der Waals surface area contributed by atoms with Crippen molar-refractivity contribution >= 4 is 34.1 Å². The number of aldehydes is 2. The summed E-state index contributed by atoms with van der Waals surface area (Å²) in [5, 5.41) is 65.2. The first kappa shape index (κ1) is 24.7. The van der Waals surface area contributed by atoms with E-state index in [0.29, 0.717) is 41.1 Å². The second-order valence-electron chi connectivity index (χ2n) is 8.78. The molecule has 0 bridgehead atoms. The molecule has 8 heteroatoms. The van der Waals surface area contributed by atoms with Crippen LogP contribution >= 0.6 is 0 Å². The first-order valence-electron chi connectivity index (χ1n) is 11.4. The molecule has 0 fully saturated rings. The van der Waals surface area contributed by atoms with Crippen molar-refractivity contribution in [2.24, 2.45) is 0 Å². The van der Waals surface area contributed by atoms with Crippen LogP contribution in [0.2, 0.25) is 0 Å². The second kappa shape index (κ2) is 8.64. The predicted molar refractivity (Wildman–Crippen MR) is 136 cm³/mol. The van der Waals surface area contributed by atoms with E-state index in [0.717, 1.165) is 6.07 Å². The zero-order chi connectivity index (χ0) is 26.6. The predicted octanol–water partition coefficient (Wildman–Crippen LogP) is 5.26. The molecule has 0 aliphatic rings. The van der Waals surface area contributed by atoms with Crippen molar-refractivity contribution in [1.82, 2.24) is 0 Å².